The van der Waals surface area contributed by atoms with Gasteiger partial charge < -0.3 is 25.2 Å². The van der Waals surface area contributed by atoms with Crippen LogP contribution in [-0.4, -0.2) is 50.3 Å². The van der Waals surface area contributed by atoms with Crippen LogP contribution in [0.2, 0.25) is 0 Å². The summed E-state index contributed by atoms with van der Waals surface area (Å²) < 4.78 is 1.78. The molecule has 0 aliphatic rings. The maximum atomic E-state index is 12.2. The molecule has 0 spiro atoms. The molecule has 150 valence electrons. The highest BCUT2D eigenvalue weighted by Crippen LogP contribution is 2.06. The lowest BCUT2D eigenvalue weighted by Gasteiger charge is -2.19. The van der Waals surface area contributed by atoms with Crippen LogP contribution in [0.15, 0.2) is 36.4 Å². The predicted molar refractivity (Wildman–Crippen MR) is 107 cm³/mol. The second kappa shape index (κ2) is 10.3. The van der Waals surface area contributed by atoms with E-state index >= 15 is 0 Å². The van der Waals surface area contributed by atoms with E-state index in [1.807, 2.05) is 7.05 Å². The monoisotopic (exact) mass is 394 g/mol. The molecule has 4 N–H and O–H groups in total. The van der Waals surface area contributed by atoms with Crippen LogP contribution in [0.3, 0.4) is 0 Å². The summed E-state index contributed by atoms with van der Waals surface area (Å²) in [7, 11) is 1.81. The molecule has 1 heterocycles. The molecule has 29 heavy (non-hydrogen) atoms. The maximum Gasteiger partial charge on any atom is 0.251 e. The van der Waals surface area contributed by atoms with Crippen molar-refractivity contribution < 1.29 is 24.9 Å². The number of hydrogen-bond donors (Lipinski definition) is 4. The molecule has 2 rings (SSSR count). The van der Waals surface area contributed by atoms with Crippen LogP contribution < -0.4 is 5.32 Å². The lowest BCUT2D eigenvalue weighted by atomic mass is 10.1. The Morgan fingerprint density at radius 2 is 1.72 bits per heavy atom. The van der Waals surface area contributed by atoms with E-state index in [4.69, 9.17) is 10.2 Å². The van der Waals surface area contributed by atoms with Crippen molar-refractivity contribution in [3.05, 3.63) is 58.9 Å². The van der Waals surface area contributed by atoms with Crippen molar-refractivity contribution in [2.75, 3.05) is 6.61 Å². The molecule has 7 nitrogen and oxygen atoms in total. The fourth-order valence-electron chi connectivity index (χ4n) is 2.53. The topological polar surface area (TPSA) is 112 Å². The largest absolute Gasteiger partial charge is 0.391 e. The van der Waals surface area contributed by atoms with Crippen LogP contribution in [0, 0.1) is 23.7 Å². The smallest absolute Gasteiger partial charge is 0.251 e. The first-order chi connectivity index (χ1) is 13.9. The number of rotatable bonds is 6. The number of ketones is 1. The number of nitrogens with zero attached hydrogens (tertiary/aromatic N) is 1. The second-order valence-electron chi connectivity index (χ2n) is 6.32. The van der Waals surface area contributed by atoms with E-state index in [0.29, 0.717) is 11.1 Å². The Labute approximate surface area is 169 Å². The van der Waals surface area contributed by atoms with Gasteiger partial charge in [-0.05, 0) is 61.1 Å². The zero-order valence-corrected chi connectivity index (χ0v) is 16.1. The summed E-state index contributed by atoms with van der Waals surface area (Å²) in [6, 6.07) is 8.78. The van der Waals surface area contributed by atoms with Crippen LogP contribution >= 0.6 is 0 Å². The summed E-state index contributed by atoms with van der Waals surface area (Å²) in [5, 5.41) is 30.1. The molecule has 0 aliphatic carbocycles. The molecule has 1 amide bonds. The van der Waals surface area contributed by atoms with Gasteiger partial charge in [0.25, 0.3) is 5.91 Å². The molecule has 0 aliphatic heterocycles. The predicted octanol–water partition coefficient (Wildman–Crippen LogP) is -0.0388. The fourth-order valence-corrected chi connectivity index (χ4v) is 2.53. The van der Waals surface area contributed by atoms with Crippen molar-refractivity contribution >= 4 is 11.7 Å². The van der Waals surface area contributed by atoms with Crippen molar-refractivity contribution in [2.24, 2.45) is 7.05 Å². The normalized spacial score (nSPS) is 12.0. The number of Topliss-reactive ketones (excluding diaryl/α,β-unsaturated/α-hetero) is 1. The van der Waals surface area contributed by atoms with Gasteiger partial charge in [-0.1, -0.05) is 5.92 Å². The summed E-state index contributed by atoms with van der Waals surface area (Å²) in [5.74, 6) is 10.0. The number of amides is 1. The first-order valence-corrected chi connectivity index (χ1v) is 8.87. The molecule has 0 radical (unpaired) electrons. The Balaban J connectivity index is 2.05. The van der Waals surface area contributed by atoms with Gasteiger partial charge in [-0.2, -0.15) is 0 Å². The van der Waals surface area contributed by atoms with Crippen LogP contribution in [0.1, 0.15) is 34.2 Å². The molecule has 0 saturated carbocycles. The summed E-state index contributed by atoms with van der Waals surface area (Å²) in [6.45, 7) is 0.531. The van der Waals surface area contributed by atoms with Crippen LogP contribution in [0.5, 0.6) is 0 Å². The highest BCUT2D eigenvalue weighted by Gasteiger charge is 2.25. The third-order valence-electron chi connectivity index (χ3n) is 4.27. The summed E-state index contributed by atoms with van der Waals surface area (Å²) >= 11 is 0. The molecule has 0 unspecified atom stereocenters. The number of carbonyl (C=O) groups excluding carboxylic acids is 2. The van der Waals surface area contributed by atoms with Gasteiger partial charge >= 0.3 is 0 Å². The highest BCUT2D eigenvalue weighted by molar-refractivity contribution is 5.98. The first kappa shape index (κ1) is 21.9. The van der Waals surface area contributed by atoms with Crippen molar-refractivity contribution in [3.63, 3.8) is 0 Å². The zero-order chi connectivity index (χ0) is 21.4. The van der Waals surface area contributed by atoms with Gasteiger partial charge in [0.2, 0.25) is 0 Å². The Bertz CT molecular complexity index is 998. The Kier molecular flexibility index (Phi) is 7.76. The summed E-state index contributed by atoms with van der Waals surface area (Å²) in [4.78, 5) is 23.8. The second-order valence-corrected chi connectivity index (χ2v) is 6.32. The molecule has 1 aromatic heterocycles. The minimum Gasteiger partial charge on any atom is -0.391 e. The quantitative estimate of drug-likeness (QED) is 0.514. The number of nitrogens with one attached hydrogen (secondary N) is 1. The van der Waals surface area contributed by atoms with E-state index in [-0.39, 0.29) is 6.61 Å². The van der Waals surface area contributed by atoms with E-state index in [2.05, 4.69) is 29.0 Å². The average Bonchev–Trinajstić information content (AvgIpc) is 3.08. The van der Waals surface area contributed by atoms with Crippen molar-refractivity contribution in [3.8, 4) is 23.7 Å². The molecule has 0 bridgehead atoms. The van der Waals surface area contributed by atoms with Gasteiger partial charge in [0.1, 0.15) is 12.6 Å². The van der Waals surface area contributed by atoms with Gasteiger partial charge in [0.05, 0.1) is 18.4 Å². The zero-order valence-electron chi connectivity index (χ0n) is 16.1. The summed E-state index contributed by atoms with van der Waals surface area (Å²) in [5.41, 5.74) is 2.44. The van der Waals surface area contributed by atoms with Crippen LogP contribution in [0.4, 0.5) is 0 Å². The average molecular weight is 394 g/mol. The lowest BCUT2D eigenvalue weighted by Crippen LogP contribution is -2.48. The van der Waals surface area contributed by atoms with E-state index in [1.165, 1.54) is 6.92 Å². The first-order valence-electron chi connectivity index (χ1n) is 8.87. The maximum absolute atomic E-state index is 12.2. The van der Waals surface area contributed by atoms with E-state index in [1.54, 1.807) is 41.0 Å². The Morgan fingerprint density at radius 3 is 2.28 bits per heavy atom. The van der Waals surface area contributed by atoms with Crippen LogP contribution in [0.25, 0.3) is 0 Å². The molecule has 2 atom stereocenters. The summed E-state index contributed by atoms with van der Waals surface area (Å²) in [6.07, 6.45) is -1.13. The van der Waals surface area contributed by atoms with E-state index < -0.39 is 30.4 Å². The highest BCUT2D eigenvalue weighted by atomic mass is 16.3. The van der Waals surface area contributed by atoms with Crippen molar-refractivity contribution in [2.45, 2.75) is 25.7 Å². The SMILES string of the molecule is C[C@H](O)[C@H](NC(=O)c1ccc(C#CC#Cc2ccc(CO)n2C)cc1)C(=O)CO. The molecular formula is C22H22N2O5. The Hall–Kier alpha value is -3.36. The Morgan fingerprint density at radius 1 is 1.07 bits per heavy atom. The minimum absolute atomic E-state index is 0.0596. The fraction of sp³-hybridized carbons (Fsp3) is 0.273. The lowest BCUT2D eigenvalue weighted by molar-refractivity contribution is -0.125. The number of carbonyl (C=O) groups is 2. The number of benzene rings is 1. The number of hydrogen-bond acceptors (Lipinski definition) is 5. The molecular weight excluding hydrogens is 372 g/mol. The number of aromatic nitrogens is 1. The van der Waals surface area contributed by atoms with Gasteiger partial charge in [-0.3, -0.25) is 9.59 Å². The van der Waals surface area contributed by atoms with Gasteiger partial charge in [0, 0.05) is 23.9 Å². The number of aliphatic hydroxyl groups is 3. The number of aliphatic hydroxyl groups excluding tert-OH is 3. The third kappa shape index (κ3) is 5.81. The minimum atomic E-state index is -1.17. The molecule has 7 heteroatoms. The van der Waals surface area contributed by atoms with Gasteiger partial charge in [-0.25, -0.2) is 0 Å². The molecule has 2 aromatic rings. The molecule has 0 fully saturated rings. The van der Waals surface area contributed by atoms with Crippen molar-refractivity contribution in [1.82, 2.24) is 9.88 Å². The van der Waals surface area contributed by atoms with E-state index in [9.17, 15) is 14.7 Å². The standard InChI is InChI=1S/C22H22N2O5/c1-15(27)21(20(28)14-26)23-22(29)17-9-7-16(8-10-17)5-3-4-6-18-11-12-19(13-25)24(18)2/h7-12,15,21,25-27H,13-14H2,1-2H3,(H,23,29)/t15-,21-/m0/s1. The molecule has 1 aromatic carbocycles. The van der Waals surface area contributed by atoms with Gasteiger partial charge in [-0.15, -0.1) is 0 Å². The van der Waals surface area contributed by atoms with E-state index in [0.717, 1.165) is 11.4 Å². The van der Waals surface area contributed by atoms with Gasteiger partial charge in [0.15, 0.2) is 5.78 Å². The van der Waals surface area contributed by atoms with Crippen LogP contribution in [-0.2, 0) is 18.4 Å². The molecule has 0 saturated heterocycles. The van der Waals surface area contributed by atoms with Crippen molar-refractivity contribution in [1.29, 1.82) is 0 Å². The third-order valence-corrected chi connectivity index (χ3v) is 4.27.